The van der Waals surface area contributed by atoms with Crippen molar-refractivity contribution in [1.29, 1.82) is 0 Å². The lowest BCUT2D eigenvalue weighted by Crippen LogP contribution is -2.27. The molecule has 0 aromatic heterocycles. The number of carbonyl (C=O) groups is 1. The van der Waals surface area contributed by atoms with Crippen LogP contribution in [0, 0.1) is 0 Å². The Labute approximate surface area is 117 Å². The lowest BCUT2D eigenvalue weighted by atomic mass is 10.1. The van der Waals surface area contributed by atoms with Crippen molar-refractivity contribution < 1.29 is 4.79 Å². The summed E-state index contributed by atoms with van der Waals surface area (Å²) in [6, 6.07) is 20.4. The summed E-state index contributed by atoms with van der Waals surface area (Å²) in [5, 5.41) is 0.147. The maximum atomic E-state index is 12.1. The minimum atomic E-state index is 0.147. The Bertz CT molecular complexity index is 555. The summed E-state index contributed by atoms with van der Waals surface area (Å²) < 4.78 is 0. The molecule has 1 saturated heterocycles. The first-order chi connectivity index (χ1) is 9.34. The molecule has 1 heterocycles. The Balaban J connectivity index is 1.83. The van der Waals surface area contributed by atoms with E-state index in [0.717, 1.165) is 0 Å². The van der Waals surface area contributed by atoms with Gasteiger partial charge in [-0.15, -0.1) is 11.8 Å². The topological polar surface area (TPSA) is 20.3 Å². The third kappa shape index (κ3) is 2.66. The van der Waals surface area contributed by atoms with Crippen molar-refractivity contribution >= 4 is 17.7 Å². The second kappa shape index (κ2) is 5.49. The van der Waals surface area contributed by atoms with Crippen molar-refractivity contribution in [2.75, 3.05) is 5.75 Å². The molecule has 1 aliphatic rings. The molecule has 96 valence electrons. The van der Waals surface area contributed by atoms with Crippen molar-refractivity contribution in [1.82, 2.24) is 4.90 Å². The number of hydrogen-bond acceptors (Lipinski definition) is 2. The third-order valence-electron chi connectivity index (χ3n) is 3.25. The van der Waals surface area contributed by atoms with Crippen LogP contribution in [-0.2, 0) is 11.3 Å². The van der Waals surface area contributed by atoms with Gasteiger partial charge in [0.2, 0.25) is 5.91 Å². The summed E-state index contributed by atoms with van der Waals surface area (Å²) in [6.45, 7) is 0.687. The molecule has 0 spiro atoms. The van der Waals surface area contributed by atoms with Gasteiger partial charge in [-0.3, -0.25) is 4.79 Å². The van der Waals surface area contributed by atoms with Crippen LogP contribution in [0.4, 0.5) is 0 Å². The zero-order valence-corrected chi connectivity index (χ0v) is 11.3. The maximum absolute atomic E-state index is 12.1. The average molecular weight is 269 g/mol. The van der Waals surface area contributed by atoms with E-state index in [4.69, 9.17) is 0 Å². The predicted octanol–water partition coefficient (Wildman–Crippen LogP) is 3.46. The van der Waals surface area contributed by atoms with Gasteiger partial charge in [0.1, 0.15) is 5.37 Å². The van der Waals surface area contributed by atoms with E-state index in [0.29, 0.717) is 12.3 Å². The van der Waals surface area contributed by atoms with E-state index in [1.165, 1.54) is 11.1 Å². The van der Waals surface area contributed by atoms with Crippen LogP contribution in [-0.4, -0.2) is 16.6 Å². The molecule has 19 heavy (non-hydrogen) atoms. The van der Waals surface area contributed by atoms with Gasteiger partial charge in [0.15, 0.2) is 0 Å². The van der Waals surface area contributed by atoms with Crippen LogP contribution in [0.25, 0.3) is 0 Å². The van der Waals surface area contributed by atoms with Gasteiger partial charge in [-0.2, -0.15) is 0 Å². The number of amides is 1. The SMILES string of the molecule is O=C1CS[C@@H](c2ccccc2)N1Cc1ccccc1. The molecule has 1 fully saturated rings. The van der Waals surface area contributed by atoms with Gasteiger partial charge >= 0.3 is 0 Å². The highest BCUT2D eigenvalue weighted by Crippen LogP contribution is 2.39. The molecule has 0 aliphatic carbocycles. The highest BCUT2D eigenvalue weighted by molar-refractivity contribution is 8.00. The number of benzene rings is 2. The average Bonchev–Trinajstić information content (AvgIpc) is 2.82. The van der Waals surface area contributed by atoms with Crippen LogP contribution in [0.15, 0.2) is 60.7 Å². The summed E-state index contributed by atoms with van der Waals surface area (Å²) in [6.07, 6.45) is 0. The van der Waals surface area contributed by atoms with E-state index in [1.807, 2.05) is 41.3 Å². The second-order valence-electron chi connectivity index (χ2n) is 4.58. The van der Waals surface area contributed by atoms with E-state index in [1.54, 1.807) is 11.8 Å². The molecule has 1 atom stereocenters. The monoisotopic (exact) mass is 269 g/mol. The predicted molar refractivity (Wildman–Crippen MR) is 78.6 cm³/mol. The van der Waals surface area contributed by atoms with Crippen LogP contribution < -0.4 is 0 Å². The van der Waals surface area contributed by atoms with E-state index in [2.05, 4.69) is 24.3 Å². The van der Waals surface area contributed by atoms with Crippen molar-refractivity contribution in [3.63, 3.8) is 0 Å². The van der Waals surface area contributed by atoms with Gasteiger partial charge in [-0.05, 0) is 11.1 Å². The van der Waals surface area contributed by atoms with Crippen LogP contribution in [0.1, 0.15) is 16.5 Å². The zero-order valence-electron chi connectivity index (χ0n) is 10.5. The van der Waals surface area contributed by atoms with Crippen LogP contribution in [0.2, 0.25) is 0 Å². The molecule has 2 nitrogen and oxygen atoms in total. The molecule has 0 bridgehead atoms. The fraction of sp³-hybridized carbons (Fsp3) is 0.188. The van der Waals surface area contributed by atoms with Gasteiger partial charge < -0.3 is 4.90 Å². The standard InChI is InChI=1S/C16H15NOS/c18-15-12-19-16(14-9-5-2-6-10-14)17(15)11-13-7-3-1-4-8-13/h1-10,16H,11-12H2/t16-/m0/s1. The van der Waals surface area contributed by atoms with E-state index >= 15 is 0 Å². The second-order valence-corrected chi connectivity index (χ2v) is 5.65. The molecule has 2 aromatic rings. The lowest BCUT2D eigenvalue weighted by Gasteiger charge is -2.24. The molecule has 0 radical (unpaired) electrons. The smallest absolute Gasteiger partial charge is 0.234 e. The van der Waals surface area contributed by atoms with Gasteiger partial charge in [0.05, 0.1) is 5.75 Å². The van der Waals surface area contributed by atoms with Crippen molar-refractivity contribution in [3.05, 3.63) is 71.8 Å². The number of hydrogen-bond donors (Lipinski definition) is 0. The molecule has 3 heteroatoms. The summed E-state index contributed by atoms with van der Waals surface area (Å²) in [5.74, 6) is 0.801. The largest absolute Gasteiger partial charge is 0.322 e. The quantitative estimate of drug-likeness (QED) is 0.850. The Morgan fingerprint density at radius 3 is 2.32 bits per heavy atom. The first kappa shape index (κ1) is 12.3. The molecule has 1 amide bonds. The van der Waals surface area contributed by atoms with Gasteiger partial charge in [-0.25, -0.2) is 0 Å². The number of nitrogens with zero attached hydrogens (tertiary/aromatic N) is 1. The maximum Gasteiger partial charge on any atom is 0.234 e. The summed E-state index contributed by atoms with van der Waals surface area (Å²) in [4.78, 5) is 14.0. The lowest BCUT2D eigenvalue weighted by molar-refractivity contribution is -0.128. The number of carbonyl (C=O) groups excluding carboxylic acids is 1. The molecular formula is C16H15NOS. The van der Waals surface area contributed by atoms with Gasteiger partial charge in [0.25, 0.3) is 0 Å². The van der Waals surface area contributed by atoms with Gasteiger partial charge in [-0.1, -0.05) is 60.7 Å². The Morgan fingerprint density at radius 1 is 1.00 bits per heavy atom. The van der Waals surface area contributed by atoms with Crippen LogP contribution in [0.3, 0.4) is 0 Å². The highest BCUT2D eigenvalue weighted by atomic mass is 32.2. The zero-order chi connectivity index (χ0) is 13.1. The van der Waals surface area contributed by atoms with Crippen LogP contribution >= 0.6 is 11.8 Å². The fourth-order valence-corrected chi connectivity index (χ4v) is 3.49. The Hall–Kier alpha value is -1.74. The molecule has 1 aliphatic heterocycles. The van der Waals surface area contributed by atoms with E-state index in [-0.39, 0.29) is 11.3 Å². The normalized spacial score (nSPS) is 18.8. The highest BCUT2D eigenvalue weighted by Gasteiger charge is 2.32. The number of rotatable bonds is 3. The van der Waals surface area contributed by atoms with Crippen molar-refractivity contribution in [2.24, 2.45) is 0 Å². The summed E-state index contributed by atoms with van der Waals surface area (Å²) in [7, 11) is 0. The summed E-state index contributed by atoms with van der Waals surface area (Å²) >= 11 is 1.71. The Morgan fingerprint density at radius 2 is 1.63 bits per heavy atom. The fourth-order valence-electron chi connectivity index (χ4n) is 2.30. The first-order valence-corrected chi connectivity index (χ1v) is 7.39. The minimum Gasteiger partial charge on any atom is -0.322 e. The number of thioether (sulfide) groups is 1. The first-order valence-electron chi connectivity index (χ1n) is 6.34. The Kier molecular flexibility index (Phi) is 3.56. The molecule has 0 unspecified atom stereocenters. The van der Waals surface area contributed by atoms with Crippen molar-refractivity contribution in [3.8, 4) is 0 Å². The summed E-state index contributed by atoms with van der Waals surface area (Å²) in [5.41, 5.74) is 2.38. The van der Waals surface area contributed by atoms with Crippen molar-refractivity contribution in [2.45, 2.75) is 11.9 Å². The third-order valence-corrected chi connectivity index (χ3v) is 4.50. The molecule has 3 rings (SSSR count). The molecular weight excluding hydrogens is 254 g/mol. The minimum absolute atomic E-state index is 0.147. The van der Waals surface area contributed by atoms with Gasteiger partial charge in [0, 0.05) is 6.54 Å². The van der Waals surface area contributed by atoms with Crippen LogP contribution in [0.5, 0.6) is 0 Å². The molecule has 0 N–H and O–H groups in total. The van der Waals surface area contributed by atoms with E-state index < -0.39 is 0 Å². The molecule has 0 saturated carbocycles. The molecule has 2 aromatic carbocycles. The van der Waals surface area contributed by atoms with E-state index in [9.17, 15) is 4.79 Å².